The first-order valence-corrected chi connectivity index (χ1v) is 7.29. The predicted octanol–water partition coefficient (Wildman–Crippen LogP) is 4.38. The molecule has 0 bridgehead atoms. The maximum absolute atomic E-state index is 12.8. The van der Waals surface area contributed by atoms with E-state index in [1.807, 2.05) is 42.5 Å². The summed E-state index contributed by atoms with van der Waals surface area (Å²) in [6.07, 6.45) is 1.68. The zero-order chi connectivity index (χ0) is 15.9. The fraction of sp³-hybridized carbons (Fsp3) is 0.105. The first kappa shape index (κ1) is 15.0. The molecule has 0 radical (unpaired) electrons. The van der Waals surface area contributed by atoms with Crippen LogP contribution in [0.4, 0.5) is 4.39 Å². The summed E-state index contributed by atoms with van der Waals surface area (Å²) < 4.78 is 24.1. The van der Waals surface area contributed by atoms with Gasteiger partial charge in [0.1, 0.15) is 24.8 Å². The van der Waals surface area contributed by atoms with Crippen molar-refractivity contribution in [3.05, 3.63) is 89.9 Å². The normalized spacial score (nSPS) is 10.3. The van der Waals surface area contributed by atoms with Gasteiger partial charge < -0.3 is 9.47 Å². The number of hydrogen-bond donors (Lipinski definition) is 0. The van der Waals surface area contributed by atoms with Crippen LogP contribution in [0.5, 0.6) is 11.6 Å². The van der Waals surface area contributed by atoms with E-state index < -0.39 is 0 Å². The number of pyridine rings is 1. The summed E-state index contributed by atoms with van der Waals surface area (Å²) >= 11 is 0. The van der Waals surface area contributed by atoms with E-state index in [-0.39, 0.29) is 5.82 Å². The van der Waals surface area contributed by atoms with Crippen molar-refractivity contribution in [1.82, 2.24) is 4.98 Å². The number of benzene rings is 2. The Kier molecular flexibility index (Phi) is 4.84. The molecule has 0 N–H and O–H groups in total. The molecular formula is C19H16FNO2. The van der Waals surface area contributed by atoms with E-state index in [0.717, 1.165) is 11.1 Å². The Balaban J connectivity index is 1.57. The summed E-state index contributed by atoms with van der Waals surface area (Å²) in [7, 11) is 0. The van der Waals surface area contributed by atoms with Gasteiger partial charge in [-0.05, 0) is 41.5 Å². The minimum Gasteiger partial charge on any atom is -0.489 e. The van der Waals surface area contributed by atoms with Crippen molar-refractivity contribution in [3.8, 4) is 11.6 Å². The van der Waals surface area contributed by atoms with Crippen molar-refractivity contribution < 1.29 is 13.9 Å². The van der Waals surface area contributed by atoms with Gasteiger partial charge in [0.05, 0.1) is 0 Å². The lowest BCUT2D eigenvalue weighted by molar-refractivity contribution is 0.287. The van der Waals surface area contributed by atoms with Gasteiger partial charge in [0, 0.05) is 12.3 Å². The second-order valence-corrected chi connectivity index (χ2v) is 5.02. The van der Waals surface area contributed by atoms with Gasteiger partial charge >= 0.3 is 0 Å². The maximum atomic E-state index is 12.8. The van der Waals surface area contributed by atoms with E-state index in [9.17, 15) is 4.39 Å². The molecule has 3 rings (SSSR count). The van der Waals surface area contributed by atoms with Crippen molar-refractivity contribution in [2.24, 2.45) is 0 Å². The molecular weight excluding hydrogens is 293 g/mol. The highest BCUT2D eigenvalue weighted by Gasteiger charge is 2.01. The van der Waals surface area contributed by atoms with Crippen molar-refractivity contribution in [2.75, 3.05) is 0 Å². The molecule has 1 aromatic heterocycles. The third-order valence-electron chi connectivity index (χ3n) is 3.25. The van der Waals surface area contributed by atoms with Crippen LogP contribution in [0.2, 0.25) is 0 Å². The van der Waals surface area contributed by atoms with E-state index in [1.165, 1.54) is 12.1 Å². The molecule has 0 aliphatic rings. The Morgan fingerprint density at radius 1 is 0.783 bits per heavy atom. The van der Waals surface area contributed by atoms with E-state index in [2.05, 4.69) is 4.98 Å². The third kappa shape index (κ3) is 4.54. The Bertz CT molecular complexity index is 745. The second-order valence-electron chi connectivity index (χ2n) is 5.02. The highest BCUT2D eigenvalue weighted by molar-refractivity contribution is 5.24. The molecule has 23 heavy (non-hydrogen) atoms. The molecule has 2 aromatic carbocycles. The van der Waals surface area contributed by atoms with Gasteiger partial charge in [0.25, 0.3) is 0 Å². The lowest BCUT2D eigenvalue weighted by Crippen LogP contribution is -2.00. The predicted molar refractivity (Wildman–Crippen MR) is 85.7 cm³/mol. The minimum atomic E-state index is -0.280. The van der Waals surface area contributed by atoms with Gasteiger partial charge in [-0.3, -0.25) is 0 Å². The molecule has 0 aliphatic heterocycles. The van der Waals surface area contributed by atoms with E-state index in [0.29, 0.717) is 24.8 Å². The Labute approximate surface area is 134 Å². The Morgan fingerprint density at radius 3 is 2.30 bits per heavy atom. The van der Waals surface area contributed by atoms with Crippen molar-refractivity contribution >= 4 is 0 Å². The number of aromatic nitrogens is 1. The van der Waals surface area contributed by atoms with Crippen molar-refractivity contribution in [3.63, 3.8) is 0 Å². The summed E-state index contributed by atoms with van der Waals surface area (Å²) in [5.41, 5.74) is 2.02. The fourth-order valence-corrected chi connectivity index (χ4v) is 2.05. The van der Waals surface area contributed by atoms with Gasteiger partial charge in [0.2, 0.25) is 5.88 Å². The number of halogens is 1. The van der Waals surface area contributed by atoms with Crippen molar-refractivity contribution in [1.29, 1.82) is 0 Å². The molecule has 0 aliphatic carbocycles. The van der Waals surface area contributed by atoms with Gasteiger partial charge in [-0.2, -0.15) is 0 Å². The molecule has 0 saturated carbocycles. The lowest BCUT2D eigenvalue weighted by Gasteiger charge is -2.09. The third-order valence-corrected chi connectivity index (χ3v) is 3.25. The molecule has 4 heteroatoms. The Morgan fingerprint density at radius 2 is 1.52 bits per heavy atom. The minimum absolute atomic E-state index is 0.280. The highest BCUT2D eigenvalue weighted by atomic mass is 19.1. The largest absolute Gasteiger partial charge is 0.489 e. The van der Waals surface area contributed by atoms with Crippen LogP contribution < -0.4 is 9.47 Å². The summed E-state index contributed by atoms with van der Waals surface area (Å²) in [6, 6.07) is 19.6. The fourth-order valence-electron chi connectivity index (χ4n) is 2.05. The zero-order valence-corrected chi connectivity index (χ0v) is 12.5. The molecule has 1 heterocycles. The second kappa shape index (κ2) is 7.40. The zero-order valence-electron chi connectivity index (χ0n) is 12.5. The van der Waals surface area contributed by atoms with Crippen LogP contribution in [0.15, 0.2) is 72.9 Å². The van der Waals surface area contributed by atoms with Crippen molar-refractivity contribution in [2.45, 2.75) is 13.2 Å². The number of ether oxygens (including phenoxy) is 2. The standard InChI is InChI=1S/C19H16FNO2/c20-17-6-8-18(9-7-17)22-14-16-10-11-21-19(12-16)23-13-15-4-2-1-3-5-15/h1-12H,13-14H2. The molecule has 0 amide bonds. The molecule has 0 atom stereocenters. The molecule has 0 saturated heterocycles. The lowest BCUT2D eigenvalue weighted by atomic mass is 10.2. The van der Waals surface area contributed by atoms with Crippen LogP contribution in [-0.2, 0) is 13.2 Å². The first-order valence-electron chi connectivity index (χ1n) is 7.29. The van der Waals surface area contributed by atoms with Gasteiger partial charge in [0.15, 0.2) is 0 Å². The number of hydrogen-bond acceptors (Lipinski definition) is 3. The average Bonchev–Trinajstić information content (AvgIpc) is 2.61. The first-order chi connectivity index (χ1) is 11.3. The maximum Gasteiger partial charge on any atom is 0.213 e. The van der Waals surface area contributed by atoms with Crippen LogP contribution in [0.1, 0.15) is 11.1 Å². The molecule has 0 spiro atoms. The molecule has 116 valence electrons. The molecule has 3 nitrogen and oxygen atoms in total. The Hall–Kier alpha value is -2.88. The topological polar surface area (TPSA) is 31.4 Å². The van der Waals surface area contributed by atoms with E-state index in [4.69, 9.17) is 9.47 Å². The average molecular weight is 309 g/mol. The van der Waals surface area contributed by atoms with Gasteiger partial charge in [-0.15, -0.1) is 0 Å². The number of nitrogens with zero attached hydrogens (tertiary/aromatic N) is 1. The van der Waals surface area contributed by atoms with Gasteiger partial charge in [-0.25, -0.2) is 9.37 Å². The summed E-state index contributed by atoms with van der Waals surface area (Å²) in [5, 5.41) is 0. The smallest absolute Gasteiger partial charge is 0.213 e. The summed E-state index contributed by atoms with van der Waals surface area (Å²) in [6.45, 7) is 0.839. The summed E-state index contributed by atoms with van der Waals surface area (Å²) in [4.78, 5) is 4.19. The van der Waals surface area contributed by atoms with Crippen LogP contribution in [0.3, 0.4) is 0 Å². The van der Waals surface area contributed by atoms with Gasteiger partial charge in [-0.1, -0.05) is 30.3 Å². The van der Waals surface area contributed by atoms with Crippen LogP contribution in [0, 0.1) is 5.82 Å². The van der Waals surface area contributed by atoms with E-state index in [1.54, 1.807) is 18.3 Å². The monoisotopic (exact) mass is 309 g/mol. The van der Waals surface area contributed by atoms with E-state index >= 15 is 0 Å². The SMILES string of the molecule is Fc1ccc(OCc2ccnc(OCc3ccccc3)c2)cc1. The molecule has 0 unspecified atom stereocenters. The molecule has 3 aromatic rings. The van der Waals surface area contributed by atoms with Crippen LogP contribution >= 0.6 is 0 Å². The quantitative estimate of drug-likeness (QED) is 0.677. The molecule has 0 fully saturated rings. The van der Waals surface area contributed by atoms with Crippen LogP contribution in [0.25, 0.3) is 0 Å². The summed E-state index contributed by atoms with van der Waals surface area (Å²) in [5.74, 6) is 0.891. The number of rotatable bonds is 6. The highest BCUT2D eigenvalue weighted by Crippen LogP contribution is 2.16. The van der Waals surface area contributed by atoms with Crippen LogP contribution in [-0.4, -0.2) is 4.98 Å².